The molecule has 1 unspecified atom stereocenters. The van der Waals surface area contributed by atoms with Gasteiger partial charge in [0.15, 0.2) is 5.58 Å². The molecule has 6 heteroatoms. The number of aliphatic hydroxyl groups excluding tert-OH is 1. The topological polar surface area (TPSA) is 55.4 Å². The molecule has 1 heterocycles. The van der Waals surface area contributed by atoms with Gasteiger partial charge in [0.05, 0.1) is 5.52 Å². The zero-order valence-corrected chi connectivity index (χ0v) is 13.9. The van der Waals surface area contributed by atoms with Crippen molar-refractivity contribution in [2.75, 3.05) is 0 Å². The fraction of sp³-hybridized carbons (Fsp3) is 0.133. The van der Waals surface area contributed by atoms with Crippen LogP contribution in [-0.4, -0.2) is 9.67 Å². The SMILES string of the molecule is Cn1c(=O)oc2cc(C(O)c3cc(Cl)ccc3I)ccc21. The summed E-state index contributed by atoms with van der Waals surface area (Å²) in [7, 11) is 1.64. The van der Waals surface area contributed by atoms with Gasteiger partial charge >= 0.3 is 5.76 Å². The Kier molecular flexibility index (Phi) is 3.81. The van der Waals surface area contributed by atoms with Crippen LogP contribution in [0.1, 0.15) is 17.2 Å². The number of aromatic nitrogens is 1. The van der Waals surface area contributed by atoms with Crippen molar-refractivity contribution < 1.29 is 9.52 Å². The number of oxazole rings is 1. The monoisotopic (exact) mass is 415 g/mol. The molecule has 3 rings (SSSR count). The second-order valence-corrected chi connectivity index (χ2v) is 6.32. The van der Waals surface area contributed by atoms with Crippen LogP contribution in [0.5, 0.6) is 0 Å². The molecule has 0 radical (unpaired) electrons. The lowest BCUT2D eigenvalue weighted by Crippen LogP contribution is -2.08. The summed E-state index contributed by atoms with van der Waals surface area (Å²) in [6.45, 7) is 0. The maximum absolute atomic E-state index is 11.5. The zero-order valence-electron chi connectivity index (χ0n) is 11.0. The van der Waals surface area contributed by atoms with Crippen molar-refractivity contribution in [1.82, 2.24) is 4.57 Å². The molecule has 0 aliphatic rings. The highest BCUT2D eigenvalue weighted by atomic mass is 127. The van der Waals surface area contributed by atoms with Crippen molar-refractivity contribution >= 4 is 45.3 Å². The summed E-state index contributed by atoms with van der Waals surface area (Å²) < 4.78 is 7.49. The fourth-order valence-corrected chi connectivity index (χ4v) is 3.04. The minimum atomic E-state index is -0.828. The highest BCUT2D eigenvalue weighted by Gasteiger charge is 2.16. The third kappa shape index (κ3) is 2.61. The highest BCUT2D eigenvalue weighted by Crippen LogP contribution is 2.30. The van der Waals surface area contributed by atoms with Crippen molar-refractivity contribution in [2.24, 2.45) is 7.05 Å². The molecule has 1 atom stereocenters. The van der Waals surface area contributed by atoms with Gasteiger partial charge in [-0.15, -0.1) is 0 Å². The molecule has 21 heavy (non-hydrogen) atoms. The van der Waals surface area contributed by atoms with E-state index in [1.54, 1.807) is 37.4 Å². The first-order valence-corrected chi connectivity index (χ1v) is 7.65. The molecule has 3 aromatic rings. The van der Waals surface area contributed by atoms with Crippen LogP contribution in [0.3, 0.4) is 0 Å². The first-order valence-electron chi connectivity index (χ1n) is 6.20. The van der Waals surface area contributed by atoms with Crippen LogP contribution in [0.15, 0.2) is 45.6 Å². The van der Waals surface area contributed by atoms with E-state index in [4.69, 9.17) is 16.0 Å². The summed E-state index contributed by atoms with van der Waals surface area (Å²) in [5.74, 6) is -0.422. The van der Waals surface area contributed by atoms with Crippen LogP contribution in [0, 0.1) is 3.57 Å². The Balaban J connectivity index is 2.11. The van der Waals surface area contributed by atoms with Crippen LogP contribution in [0.4, 0.5) is 0 Å². The first kappa shape index (κ1) is 14.6. The van der Waals surface area contributed by atoms with Gasteiger partial charge in [0.25, 0.3) is 0 Å². The molecule has 0 spiro atoms. The minimum Gasteiger partial charge on any atom is -0.408 e. The van der Waals surface area contributed by atoms with Gasteiger partial charge in [-0.3, -0.25) is 4.57 Å². The van der Waals surface area contributed by atoms with E-state index in [2.05, 4.69) is 22.6 Å². The van der Waals surface area contributed by atoms with Gasteiger partial charge in [-0.1, -0.05) is 17.7 Å². The third-order valence-corrected chi connectivity index (χ3v) is 4.60. The third-order valence-electron chi connectivity index (χ3n) is 3.38. The van der Waals surface area contributed by atoms with Crippen LogP contribution >= 0.6 is 34.2 Å². The number of hydrogen-bond donors (Lipinski definition) is 1. The normalized spacial score (nSPS) is 12.8. The summed E-state index contributed by atoms with van der Waals surface area (Å²) in [4.78, 5) is 11.5. The van der Waals surface area contributed by atoms with Crippen LogP contribution in [0.2, 0.25) is 5.02 Å². The summed E-state index contributed by atoms with van der Waals surface area (Å²) >= 11 is 8.14. The molecule has 1 aromatic heterocycles. The largest absolute Gasteiger partial charge is 0.419 e. The van der Waals surface area contributed by atoms with E-state index in [1.807, 2.05) is 6.07 Å². The quantitative estimate of drug-likeness (QED) is 0.652. The molecule has 0 aliphatic carbocycles. The molecular weight excluding hydrogens is 405 g/mol. The van der Waals surface area contributed by atoms with Gasteiger partial charge in [-0.2, -0.15) is 0 Å². The Morgan fingerprint density at radius 3 is 2.81 bits per heavy atom. The number of aliphatic hydroxyl groups is 1. The Morgan fingerprint density at radius 2 is 2.05 bits per heavy atom. The summed E-state index contributed by atoms with van der Waals surface area (Å²) in [5.41, 5.74) is 2.52. The highest BCUT2D eigenvalue weighted by molar-refractivity contribution is 14.1. The Morgan fingerprint density at radius 1 is 1.29 bits per heavy atom. The minimum absolute atomic E-state index is 0.422. The molecule has 108 valence electrons. The lowest BCUT2D eigenvalue weighted by Gasteiger charge is -2.13. The molecule has 0 saturated carbocycles. The standard InChI is InChI=1S/C15H11ClINO3/c1-18-12-5-2-8(6-13(12)21-15(18)20)14(19)10-7-9(16)3-4-11(10)17/h2-7,14,19H,1H3. The van der Waals surface area contributed by atoms with Gasteiger partial charge in [0.2, 0.25) is 0 Å². The molecule has 0 amide bonds. The van der Waals surface area contributed by atoms with Crippen LogP contribution < -0.4 is 5.76 Å². The zero-order chi connectivity index (χ0) is 15.1. The predicted octanol–water partition coefficient (Wildman–Crippen LogP) is 3.47. The molecule has 4 nitrogen and oxygen atoms in total. The lowest BCUT2D eigenvalue weighted by atomic mass is 10.0. The number of fused-ring (bicyclic) bond motifs is 1. The lowest BCUT2D eigenvalue weighted by molar-refractivity contribution is 0.219. The van der Waals surface area contributed by atoms with E-state index in [0.29, 0.717) is 21.7 Å². The van der Waals surface area contributed by atoms with Crippen molar-refractivity contribution in [1.29, 1.82) is 0 Å². The Bertz CT molecular complexity index is 884. The smallest absolute Gasteiger partial charge is 0.408 e. The second-order valence-electron chi connectivity index (χ2n) is 4.72. The second kappa shape index (κ2) is 5.47. The van der Waals surface area contributed by atoms with Crippen molar-refractivity contribution in [2.45, 2.75) is 6.10 Å². The molecular formula is C15H11ClINO3. The number of benzene rings is 2. The van der Waals surface area contributed by atoms with Gasteiger partial charge in [0.1, 0.15) is 6.10 Å². The van der Waals surface area contributed by atoms with Gasteiger partial charge < -0.3 is 9.52 Å². The summed E-state index contributed by atoms with van der Waals surface area (Å²) in [6, 6.07) is 10.6. The molecule has 0 saturated heterocycles. The van der Waals surface area contributed by atoms with Crippen molar-refractivity contribution in [3.8, 4) is 0 Å². The van der Waals surface area contributed by atoms with Gasteiger partial charge in [0, 0.05) is 15.6 Å². The molecule has 0 aliphatic heterocycles. The average Bonchev–Trinajstić information content (AvgIpc) is 2.75. The molecule has 0 bridgehead atoms. The van der Waals surface area contributed by atoms with Gasteiger partial charge in [-0.05, 0) is 64.0 Å². The predicted molar refractivity (Wildman–Crippen MR) is 89.7 cm³/mol. The summed E-state index contributed by atoms with van der Waals surface area (Å²) in [6.07, 6.45) is -0.828. The number of nitrogens with zero attached hydrogens (tertiary/aromatic N) is 1. The average molecular weight is 416 g/mol. The van der Waals surface area contributed by atoms with E-state index in [0.717, 1.165) is 9.13 Å². The number of halogens is 2. The summed E-state index contributed by atoms with van der Waals surface area (Å²) in [5, 5.41) is 11.1. The van der Waals surface area contributed by atoms with E-state index < -0.39 is 11.9 Å². The first-order chi connectivity index (χ1) is 9.97. The number of hydrogen-bond acceptors (Lipinski definition) is 3. The van der Waals surface area contributed by atoms with E-state index in [-0.39, 0.29) is 0 Å². The maximum Gasteiger partial charge on any atom is 0.419 e. The van der Waals surface area contributed by atoms with Crippen molar-refractivity contribution in [3.05, 3.63) is 66.7 Å². The molecule has 0 fully saturated rings. The van der Waals surface area contributed by atoms with E-state index >= 15 is 0 Å². The van der Waals surface area contributed by atoms with E-state index in [9.17, 15) is 9.90 Å². The van der Waals surface area contributed by atoms with Crippen LogP contribution in [0.25, 0.3) is 11.1 Å². The maximum atomic E-state index is 11.5. The molecule has 2 aromatic carbocycles. The fourth-order valence-electron chi connectivity index (χ4n) is 2.22. The van der Waals surface area contributed by atoms with Gasteiger partial charge in [-0.25, -0.2) is 4.79 Å². The number of aryl methyl sites for hydroxylation is 1. The Labute approximate surface area is 139 Å². The van der Waals surface area contributed by atoms with Crippen molar-refractivity contribution in [3.63, 3.8) is 0 Å². The Hall–Kier alpha value is -1.31. The number of rotatable bonds is 2. The van der Waals surface area contributed by atoms with Crippen LogP contribution in [-0.2, 0) is 7.05 Å². The van der Waals surface area contributed by atoms with E-state index in [1.165, 1.54) is 4.57 Å². The molecule has 1 N–H and O–H groups in total.